The Kier molecular flexibility index (Phi) is 7.89. The van der Waals surface area contributed by atoms with Gasteiger partial charge in [0, 0.05) is 22.3 Å². The van der Waals surface area contributed by atoms with Gasteiger partial charge >= 0.3 is 0 Å². The lowest BCUT2D eigenvalue weighted by molar-refractivity contribution is 1.30. The molecular weight excluding hydrogens is 687 g/mol. The van der Waals surface area contributed by atoms with E-state index in [-0.39, 0.29) is 0 Å². The molecule has 11 aromatic carbocycles. The third kappa shape index (κ3) is 5.63. The van der Waals surface area contributed by atoms with Gasteiger partial charge in [-0.2, -0.15) is 0 Å². The molecule has 0 amide bonds. The standard InChI is InChI=1S/C56H37N/c1-2-16-43-37-44(28-27-38(43)13-1)39-29-33-45(34-30-39)57(46-35-31-42(32-36-46)48-25-11-17-40-14-3-5-19-47(40)48)56-54-24-10-8-22-51(54)50-21-7-9-23-53(50)55(56)52-26-12-18-41-15-4-6-20-49(41)52/h1-37H. The average molecular weight is 724 g/mol. The zero-order chi connectivity index (χ0) is 37.7. The summed E-state index contributed by atoms with van der Waals surface area (Å²) in [6.07, 6.45) is 0. The van der Waals surface area contributed by atoms with Gasteiger partial charge in [-0.1, -0.05) is 194 Å². The van der Waals surface area contributed by atoms with Crippen molar-refractivity contribution >= 4 is 70.9 Å². The lowest BCUT2D eigenvalue weighted by Crippen LogP contribution is -2.12. The van der Waals surface area contributed by atoms with Crippen LogP contribution in [0, 0.1) is 0 Å². The summed E-state index contributed by atoms with van der Waals surface area (Å²) in [5.74, 6) is 0. The maximum atomic E-state index is 2.49. The molecule has 1 nitrogen and oxygen atoms in total. The quantitative estimate of drug-likeness (QED) is 0.154. The van der Waals surface area contributed by atoms with Crippen LogP contribution in [0.25, 0.3) is 87.2 Å². The summed E-state index contributed by atoms with van der Waals surface area (Å²) >= 11 is 0. The topological polar surface area (TPSA) is 3.24 Å². The largest absolute Gasteiger partial charge is 0.309 e. The molecule has 0 spiro atoms. The molecular formula is C56H37N. The molecule has 57 heavy (non-hydrogen) atoms. The van der Waals surface area contributed by atoms with Gasteiger partial charge in [-0.3, -0.25) is 0 Å². The van der Waals surface area contributed by atoms with Crippen LogP contribution >= 0.6 is 0 Å². The van der Waals surface area contributed by atoms with Gasteiger partial charge in [0.2, 0.25) is 0 Å². The highest BCUT2D eigenvalue weighted by molar-refractivity contribution is 6.24. The van der Waals surface area contributed by atoms with E-state index in [1.807, 2.05) is 0 Å². The Morgan fingerprint density at radius 3 is 1.33 bits per heavy atom. The van der Waals surface area contributed by atoms with E-state index >= 15 is 0 Å². The number of anilines is 3. The first kappa shape index (κ1) is 32.9. The lowest BCUT2D eigenvalue weighted by atomic mass is 9.88. The number of nitrogens with zero attached hydrogens (tertiary/aromatic N) is 1. The highest BCUT2D eigenvalue weighted by Crippen LogP contribution is 2.51. The maximum Gasteiger partial charge on any atom is 0.0625 e. The van der Waals surface area contributed by atoms with Crippen molar-refractivity contribution in [2.45, 2.75) is 0 Å². The van der Waals surface area contributed by atoms with Crippen LogP contribution in [-0.2, 0) is 0 Å². The van der Waals surface area contributed by atoms with E-state index in [4.69, 9.17) is 0 Å². The normalized spacial score (nSPS) is 11.5. The summed E-state index contributed by atoms with van der Waals surface area (Å²) in [7, 11) is 0. The van der Waals surface area contributed by atoms with Gasteiger partial charge in [-0.25, -0.2) is 0 Å². The van der Waals surface area contributed by atoms with Crippen LogP contribution in [0.4, 0.5) is 17.1 Å². The smallest absolute Gasteiger partial charge is 0.0625 e. The van der Waals surface area contributed by atoms with E-state index in [0.29, 0.717) is 0 Å². The third-order valence-corrected chi connectivity index (χ3v) is 11.6. The molecule has 0 N–H and O–H groups in total. The van der Waals surface area contributed by atoms with Gasteiger partial charge in [0.25, 0.3) is 0 Å². The van der Waals surface area contributed by atoms with E-state index in [1.165, 1.54) is 87.2 Å². The van der Waals surface area contributed by atoms with Crippen molar-refractivity contribution < 1.29 is 0 Å². The van der Waals surface area contributed by atoms with Gasteiger partial charge in [-0.05, 0) is 107 Å². The number of fused-ring (bicyclic) bond motifs is 6. The minimum Gasteiger partial charge on any atom is -0.309 e. The second-order valence-electron chi connectivity index (χ2n) is 14.9. The first-order chi connectivity index (χ1) is 28.3. The van der Waals surface area contributed by atoms with Gasteiger partial charge in [0.15, 0.2) is 0 Å². The lowest BCUT2D eigenvalue weighted by Gasteiger charge is -2.31. The monoisotopic (exact) mass is 723 g/mol. The van der Waals surface area contributed by atoms with E-state index in [0.717, 1.165) is 17.1 Å². The molecule has 0 saturated carbocycles. The summed E-state index contributed by atoms with van der Waals surface area (Å²) in [6, 6.07) is 82.2. The van der Waals surface area contributed by atoms with Crippen molar-refractivity contribution in [2.24, 2.45) is 0 Å². The van der Waals surface area contributed by atoms with Crippen molar-refractivity contribution in [3.63, 3.8) is 0 Å². The summed E-state index contributed by atoms with van der Waals surface area (Å²) in [4.78, 5) is 2.49. The van der Waals surface area contributed by atoms with Crippen molar-refractivity contribution in [1.29, 1.82) is 0 Å². The van der Waals surface area contributed by atoms with E-state index in [2.05, 4.69) is 229 Å². The Morgan fingerprint density at radius 2 is 0.684 bits per heavy atom. The molecule has 1 heteroatoms. The fourth-order valence-electron chi connectivity index (χ4n) is 8.92. The first-order valence-electron chi connectivity index (χ1n) is 19.7. The average Bonchev–Trinajstić information content (AvgIpc) is 3.29. The second kappa shape index (κ2) is 13.7. The molecule has 0 fully saturated rings. The fourth-order valence-corrected chi connectivity index (χ4v) is 8.92. The fraction of sp³-hybridized carbons (Fsp3) is 0. The van der Waals surface area contributed by atoms with E-state index < -0.39 is 0 Å². The molecule has 11 aromatic rings. The summed E-state index contributed by atoms with van der Waals surface area (Å²) in [6.45, 7) is 0. The van der Waals surface area contributed by atoms with Crippen LogP contribution in [0.15, 0.2) is 224 Å². The molecule has 0 aliphatic rings. The predicted molar refractivity (Wildman–Crippen MR) is 245 cm³/mol. The molecule has 0 heterocycles. The van der Waals surface area contributed by atoms with Crippen LogP contribution in [-0.4, -0.2) is 0 Å². The zero-order valence-corrected chi connectivity index (χ0v) is 31.3. The highest BCUT2D eigenvalue weighted by atomic mass is 15.1. The molecule has 0 unspecified atom stereocenters. The van der Waals surface area contributed by atoms with Crippen LogP contribution in [0.1, 0.15) is 0 Å². The SMILES string of the molecule is c1ccc2cc(-c3ccc(N(c4ccc(-c5cccc6ccccc56)cc4)c4c(-c5cccc6ccccc56)c5ccccc5c5ccccc45)cc3)ccc2c1. The first-order valence-corrected chi connectivity index (χ1v) is 19.7. The Labute approximate surface area is 332 Å². The minimum absolute atomic E-state index is 1.10. The Balaban J connectivity index is 1.18. The zero-order valence-electron chi connectivity index (χ0n) is 31.3. The van der Waals surface area contributed by atoms with Crippen molar-refractivity contribution in [3.8, 4) is 33.4 Å². The van der Waals surface area contributed by atoms with Crippen molar-refractivity contribution in [3.05, 3.63) is 224 Å². The Morgan fingerprint density at radius 1 is 0.246 bits per heavy atom. The summed E-state index contributed by atoms with van der Waals surface area (Å²) in [5.41, 5.74) is 10.6. The Bertz CT molecular complexity index is 3270. The molecule has 0 aromatic heterocycles. The molecule has 0 saturated heterocycles. The predicted octanol–water partition coefficient (Wildman–Crippen LogP) is 15.9. The summed E-state index contributed by atoms with van der Waals surface area (Å²) < 4.78 is 0. The van der Waals surface area contributed by atoms with Crippen LogP contribution in [0.3, 0.4) is 0 Å². The number of hydrogen-bond donors (Lipinski definition) is 0. The van der Waals surface area contributed by atoms with Gasteiger partial charge in [0.1, 0.15) is 0 Å². The number of hydrogen-bond acceptors (Lipinski definition) is 1. The van der Waals surface area contributed by atoms with Gasteiger partial charge in [-0.15, -0.1) is 0 Å². The molecule has 266 valence electrons. The van der Waals surface area contributed by atoms with E-state index in [1.54, 1.807) is 0 Å². The molecule has 0 aliphatic heterocycles. The molecule has 11 rings (SSSR count). The van der Waals surface area contributed by atoms with Crippen molar-refractivity contribution in [2.75, 3.05) is 4.90 Å². The molecule has 0 bridgehead atoms. The molecule has 0 atom stereocenters. The molecule has 0 radical (unpaired) electrons. The second-order valence-corrected chi connectivity index (χ2v) is 14.9. The van der Waals surface area contributed by atoms with E-state index in [9.17, 15) is 0 Å². The van der Waals surface area contributed by atoms with Crippen LogP contribution in [0.2, 0.25) is 0 Å². The highest BCUT2D eigenvalue weighted by Gasteiger charge is 2.24. The third-order valence-electron chi connectivity index (χ3n) is 11.6. The van der Waals surface area contributed by atoms with Crippen LogP contribution in [0.5, 0.6) is 0 Å². The van der Waals surface area contributed by atoms with Gasteiger partial charge < -0.3 is 4.90 Å². The maximum absolute atomic E-state index is 2.49. The summed E-state index contributed by atoms with van der Waals surface area (Å²) in [5, 5.41) is 12.4. The number of benzene rings is 11. The van der Waals surface area contributed by atoms with Crippen molar-refractivity contribution in [1.82, 2.24) is 0 Å². The number of rotatable bonds is 6. The minimum atomic E-state index is 1.10. The van der Waals surface area contributed by atoms with Gasteiger partial charge in [0.05, 0.1) is 5.69 Å². The Hall–Kier alpha value is -7.48. The molecule has 0 aliphatic carbocycles. The van der Waals surface area contributed by atoms with Crippen LogP contribution < -0.4 is 4.90 Å².